The van der Waals surface area contributed by atoms with Gasteiger partial charge in [0.25, 0.3) is 0 Å². The predicted molar refractivity (Wildman–Crippen MR) is 123 cm³/mol. The number of nitrogens with zero attached hydrogens (tertiary/aromatic N) is 2. The second kappa shape index (κ2) is 9.39. The van der Waals surface area contributed by atoms with Crippen molar-refractivity contribution in [3.05, 3.63) is 71.9 Å². The average molecular weight is 446 g/mol. The standard InChI is InChI=1S/C24H22N4O5/c1-32-20-10-16(19-5-4-15(12-26-19)24(30)31)8-17-9-18(33-23(17)20)13-28-22(29)7-3-14-2-6-21(25)27-11-14/h3-12,14H,2,13,25H2,1H3,(H,28,29)(H,30,31)/b7-3+. The van der Waals surface area contributed by atoms with Gasteiger partial charge in [0.15, 0.2) is 11.3 Å². The van der Waals surface area contributed by atoms with Crippen LogP contribution in [0.15, 0.2) is 70.0 Å². The van der Waals surface area contributed by atoms with Gasteiger partial charge >= 0.3 is 5.97 Å². The van der Waals surface area contributed by atoms with Crippen molar-refractivity contribution in [3.8, 4) is 17.0 Å². The van der Waals surface area contributed by atoms with Gasteiger partial charge in [-0.1, -0.05) is 6.08 Å². The van der Waals surface area contributed by atoms with Crippen LogP contribution in [0.5, 0.6) is 5.75 Å². The number of fused-ring (bicyclic) bond motifs is 1. The number of benzene rings is 1. The number of carboxylic acid groups (broad SMARTS) is 1. The van der Waals surface area contributed by atoms with E-state index in [0.29, 0.717) is 35.0 Å². The SMILES string of the molecule is COc1cc(-c2ccc(C(=O)O)cn2)cc2cc(CNC(=O)/C=C/C3C=NC(N)=CC3)oc12. The maximum atomic E-state index is 12.2. The van der Waals surface area contributed by atoms with Crippen LogP contribution in [0.1, 0.15) is 22.5 Å². The number of hydrogen-bond acceptors (Lipinski definition) is 7. The maximum Gasteiger partial charge on any atom is 0.337 e. The number of methoxy groups -OCH3 is 1. The molecule has 1 amide bonds. The van der Waals surface area contributed by atoms with E-state index >= 15 is 0 Å². The molecule has 1 aliphatic rings. The number of ether oxygens (including phenoxy) is 1. The fraction of sp³-hybridized carbons (Fsp3) is 0.167. The zero-order valence-electron chi connectivity index (χ0n) is 17.8. The summed E-state index contributed by atoms with van der Waals surface area (Å²) in [4.78, 5) is 31.5. The summed E-state index contributed by atoms with van der Waals surface area (Å²) in [5, 5.41) is 12.6. The Morgan fingerprint density at radius 3 is 2.85 bits per heavy atom. The molecule has 0 bridgehead atoms. The summed E-state index contributed by atoms with van der Waals surface area (Å²) in [6.07, 6.45) is 8.80. The molecule has 33 heavy (non-hydrogen) atoms. The first kappa shape index (κ1) is 21.8. The third kappa shape index (κ3) is 5.09. The molecule has 0 spiro atoms. The van der Waals surface area contributed by atoms with Crippen LogP contribution < -0.4 is 15.8 Å². The number of allylic oxidation sites excluding steroid dienone is 2. The first-order chi connectivity index (χ1) is 15.9. The zero-order valence-corrected chi connectivity index (χ0v) is 17.8. The van der Waals surface area contributed by atoms with Crippen LogP contribution in [0.25, 0.3) is 22.2 Å². The van der Waals surface area contributed by atoms with E-state index in [9.17, 15) is 9.59 Å². The van der Waals surface area contributed by atoms with Crippen molar-refractivity contribution in [2.24, 2.45) is 16.6 Å². The number of aromatic carboxylic acids is 1. The van der Waals surface area contributed by atoms with E-state index in [2.05, 4.69) is 15.3 Å². The van der Waals surface area contributed by atoms with Crippen LogP contribution in [0.2, 0.25) is 0 Å². The monoisotopic (exact) mass is 446 g/mol. The molecule has 9 heteroatoms. The van der Waals surface area contributed by atoms with Gasteiger partial charge in [0.1, 0.15) is 11.6 Å². The molecule has 4 rings (SSSR count). The molecule has 0 fully saturated rings. The van der Waals surface area contributed by atoms with Gasteiger partial charge < -0.3 is 25.3 Å². The zero-order chi connectivity index (χ0) is 23.4. The third-order valence-corrected chi connectivity index (χ3v) is 5.11. The topological polar surface area (TPSA) is 140 Å². The molecule has 1 atom stereocenters. The summed E-state index contributed by atoms with van der Waals surface area (Å²) in [7, 11) is 1.53. The molecule has 9 nitrogen and oxygen atoms in total. The highest BCUT2D eigenvalue weighted by molar-refractivity contribution is 5.91. The van der Waals surface area contributed by atoms with Crippen LogP contribution in [-0.2, 0) is 11.3 Å². The molecule has 0 radical (unpaired) electrons. The van der Waals surface area contributed by atoms with E-state index in [1.54, 1.807) is 24.4 Å². The minimum atomic E-state index is -1.04. The summed E-state index contributed by atoms with van der Waals surface area (Å²) in [6, 6.07) is 8.59. The van der Waals surface area contributed by atoms with Crippen molar-refractivity contribution >= 4 is 29.1 Å². The van der Waals surface area contributed by atoms with Crippen LogP contribution in [0.3, 0.4) is 0 Å². The van der Waals surface area contributed by atoms with Crippen molar-refractivity contribution in [1.82, 2.24) is 10.3 Å². The predicted octanol–water partition coefficient (Wildman–Crippen LogP) is 3.26. The largest absolute Gasteiger partial charge is 0.493 e. The fourth-order valence-corrected chi connectivity index (χ4v) is 3.38. The lowest BCUT2D eigenvalue weighted by atomic mass is 10.0. The fourth-order valence-electron chi connectivity index (χ4n) is 3.38. The molecule has 3 heterocycles. The Morgan fingerprint density at radius 2 is 2.18 bits per heavy atom. The Morgan fingerprint density at radius 1 is 1.33 bits per heavy atom. The van der Waals surface area contributed by atoms with E-state index in [4.69, 9.17) is 20.0 Å². The van der Waals surface area contributed by atoms with Crippen molar-refractivity contribution in [2.45, 2.75) is 13.0 Å². The molecule has 1 aliphatic heterocycles. The van der Waals surface area contributed by atoms with E-state index < -0.39 is 5.97 Å². The minimum Gasteiger partial charge on any atom is -0.493 e. The van der Waals surface area contributed by atoms with Gasteiger partial charge in [-0.05, 0) is 48.9 Å². The molecule has 0 saturated carbocycles. The lowest BCUT2D eigenvalue weighted by Crippen LogP contribution is -2.20. The van der Waals surface area contributed by atoms with Gasteiger partial charge in [-0.3, -0.25) is 9.78 Å². The van der Waals surface area contributed by atoms with Gasteiger partial charge in [0.05, 0.1) is 24.9 Å². The Kier molecular flexibility index (Phi) is 6.21. The second-order valence-electron chi connectivity index (χ2n) is 7.43. The normalized spacial score (nSPS) is 15.5. The highest BCUT2D eigenvalue weighted by atomic mass is 16.5. The lowest BCUT2D eigenvalue weighted by molar-refractivity contribution is -0.116. The molecule has 1 unspecified atom stereocenters. The number of pyridine rings is 1. The Bertz CT molecular complexity index is 1290. The van der Waals surface area contributed by atoms with Crippen molar-refractivity contribution < 1.29 is 23.8 Å². The number of carbonyl (C=O) groups excluding carboxylic acids is 1. The summed E-state index contributed by atoms with van der Waals surface area (Å²) < 4.78 is 11.3. The number of carbonyl (C=O) groups is 2. The molecule has 168 valence electrons. The number of amides is 1. The van der Waals surface area contributed by atoms with E-state index in [1.807, 2.05) is 18.2 Å². The minimum absolute atomic E-state index is 0.0371. The second-order valence-corrected chi connectivity index (χ2v) is 7.43. The van der Waals surface area contributed by atoms with Crippen LogP contribution >= 0.6 is 0 Å². The number of aliphatic imine (C=N–C) groups is 1. The molecular weight excluding hydrogens is 424 g/mol. The van der Waals surface area contributed by atoms with E-state index in [0.717, 1.165) is 10.9 Å². The summed E-state index contributed by atoms with van der Waals surface area (Å²) in [5.41, 5.74) is 7.60. The highest BCUT2D eigenvalue weighted by Crippen LogP contribution is 2.34. The Hall–Kier alpha value is -4.40. The van der Waals surface area contributed by atoms with Gasteiger partial charge in [-0.2, -0.15) is 0 Å². The number of nitrogens with two attached hydrogens (primary N) is 1. The molecule has 0 saturated heterocycles. The summed E-state index contributed by atoms with van der Waals surface area (Å²) in [5.74, 6) is 0.309. The number of rotatable bonds is 7. The Labute approximate surface area is 189 Å². The first-order valence-electron chi connectivity index (χ1n) is 10.2. The highest BCUT2D eigenvalue weighted by Gasteiger charge is 2.14. The van der Waals surface area contributed by atoms with Gasteiger partial charge in [0.2, 0.25) is 5.91 Å². The van der Waals surface area contributed by atoms with Crippen molar-refractivity contribution in [2.75, 3.05) is 7.11 Å². The molecular formula is C24H22N4O5. The summed E-state index contributed by atoms with van der Waals surface area (Å²) in [6.45, 7) is 0.202. The van der Waals surface area contributed by atoms with Crippen LogP contribution in [-0.4, -0.2) is 35.3 Å². The molecule has 3 aromatic rings. The van der Waals surface area contributed by atoms with Crippen molar-refractivity contribution in [1.29, 1.82) is 0 Å². The maximum absolute atomic E-state index is 12.2. The number of carboxylic acids is 1. The number of aromatic nitrogens is 1. The average Bonchev–Trinajstić information content (AvgIpc) is 3.25. The number of nitrogens with one attached hydrogen (secondary N) is 1. The van der Waals surface area contributed by atoms with Crippen LogP contribution in [0.4, 0.5) is 0 Å². The van der Waals surface area contributed by atoms with Gasteiger partial charge in [0, 0.05) is 29.3 Å². The molecule has 4 N–H and O–H groups in total. The van der Waals surface area contributed by atoms with Crippen molar-refractivity contribution in [3.63, 3.8) is 0 Å². The first-order valence-corrected chi connectivity index (χ1v) is 10.2. The Balaban J connectivity index is 1.47. The van der Waals surface area contributed by atoms with E-state index in [-0.39, 0.29) is 23.9 Å². The van der Waals surface area contributed by atoms with E-state index in [1.165, 1.54) is 25.4 Å². The molecule has 0 aliphatic carbocycles. The quantitative estimate of drug-likeness (QED) is 0.473. The molecule has 1 aromatic carbocycles. The van der Waals surface area contributed by atoms with Gasteiger partial charge in [-0.25, -0.2) is 9.79 Å². The molecule has 2 aromatic heterocycles. The van der Waals surface area contributed by atoms with Gasteiger partial charge in [-0.15, -0.1) is 0 Å². The number of hydrogen-bond donors (Lipinski definition) is 3. The third-order valence-electron chi connectivity index (χ3n) is 5.11. The summed E-state index contributed by atoms with van der Waals surface area (Å²) >= 11 is 0. The lowest BCUT2D eigenvalue weighted by Gasteiger charge is -2.08. The smallest absolute Gasteiger partial charge is 0.337 e. The number of furan rings is 1. The van der Waals surface area contributed by atoms with Crippen LogP contribution in [0, 0.1) is 5.92 Å².